The standard InChI is InChI=1S/C15H20FN3O/c1-5-17-11(4)10(3)15-18-14(19-20-15)12-6-9(2)7-13(16)8-12/h6-8,10-11,17H,5H2,1-4H3. The second-order valence-electron chi connectivity index (χ2n) is 5.11. The molecule has 1 N–H and O–H groups in total. The average molecular weight is 277 g/mol. The minimum absolute atomic E-state index is 0.103. The zero-order valence-electron chi connectivity index (χ0n) is 12.3. The van der Waals surface area contributed by atoms with Crippen molar-refractivity contribution in [1.82, 2.24) is 15.5 Å². The molecule has 2 atom stereocenters. The van der Waals surface area contributed by atoms with Crippen LogP contribution in [0.4, 0.5) is 4.39 Å². The van der Waals surface area contributed by atoms with Gasteiger partial charge in [0.05, 0.1) is 5.92 Å². The van der Waals surface area contributed by atoms with Crippen LogP contribution in [0.25, 0.3) is 11.4 Å². The van der Waals surface area contributed by atoms with Crippen molar-refractivity contribution in [1.29, 1.82) is 0 Å². The largest absolute Gasteiger partial charge is 0.339 e. The first-order valence-electron chi connectivity index (χ1n) is 6.85. The predicted molar refractivity (Wildman–Crippen MR) is 76.0 cm³/mol. The Labute approximate surface area is 118 Å². The highest BCUT2D eigenvalue weighted by Crippen LogP contribution is 2.23. The lowest BCUT2D eigenvalue weighted by atomic mass is 10.0. The minimum atomic E-state index is -0.291. The number of likely N-dealkylation sites (N-methyl/N-ethyl adjacent to an activating group) is 1. The summed E-state index contributed by atoms with van der Waals surface area (Å²) in [6.07, 6.45) is 0. The predicted octanol–water partition coefficient (Wildman–Crippen LogP) is 3.29. The molecular formula is C15H20FN3O. The van der Waals surface area contributed by atoms with Gasteiger partial charge in [-0.1, -0.05) is 19.0 Å². The first-order valence-corrected chi connectivity index (χ1v) is 6.85. The van der Waals surface area contributed by atoms with E-state index >= 15 is 0 Å². The summed E-state index contributed by atoms with van der Waals surface area (Å²) in [5, 5.41) is 7.27. The topological polar surface area (TPSA) is 51.0 Å². The van der Waals surface area contributed by atoms with Gasteiger partial charge in [0.2, 0.25) is 11.7 Å². The highest BCUT2D eigenvalue weighted by molar-refractivity contribution is 5.55. The highest BCUT2D eigenvalue weighted by Gasteiger charge is 2.20. The van der Waals surface area contributed by atoms with E-state index in [1.807, 2.05) is 19.9 Å². The van der Waals surface area contributed by atoms with Gasteiger partial charge in [0, 0.05) is 11.6 Å². The van der Waals surface area contributed by atoms with Crippen molar-refractivity contribution < 1.29 is 8.91 Å². The number of hydrogen-bond acceptors (Lipinski definition) is 4. The molecule has 0 aliphatic heterocycles. The van der Waals surface area contributed by atoms with Crippen LogP contribution >= 0.6 is 0 Å². The van der Waals surface area contributed by atoms with Crippen LogP contribution in [0.1, 0.15) is 38.1 Å². The van der Waals surface area contributed by atoms with E-state index in [2.05, 4.69) is 29.3 Å². The Balaban J connectivity index is 2.24. The van der Waals surface area contributed by atoms with Gasteiger partial charge >= 0.3 is 0 Å². The first kappa shape index (κ1) is 14.7. The number of aryl methyl sites for hydroxylation is 1. The molecule has 0 saturated carbocycles. The van der Waals surface area contributed by atoms with Crippen molar-refractivity contribution in [3.63, 3.8) is 0 Å². The molecule has 0 bridgehead atoms. The van der Waals surface area contributed by atoms with Crippen LogP contribution in [0.3, 0.4) is 0 Å². The molecule has 2 rings (SSSR count). The van der Waals surface area contributed by atoms with E-state index in [1.165, 1.54) is 12.1 Å². The number of nitrogens with one attached hydrogen (secondary N) is 1. The Hall–Kier alpha value is -1.75. The maximum atomic E-state index is 13.4. The van der Waals surface area contributed by atoms with Gasteiger partial charge in [-0.15, -0.1) is 0 Å². The third-order valence-corrected chi connectivity index (χ3v) is 3.41. The smallest absolute Gasteiger partial charge is 0.231 e. The fraction of sp³-hybridized carbons (Fsp3) is 0.467. The summed E-state index contributed by atoms with van der Waals surface area (Å²) in [5.41, 5.74) is 1.47. The van der Waals surface area contributed by atoms with Crippen LogP contribution in [0.5, 0.6) is 0 Å². The number of nitrogens with zero attached hydrogens (tertiary/aromatic N) is 2. The molecule has 0 saturated heterocycles. The van der Waals surface area contributed by atoms with Gasteiger partial charge in [-0.05, 0) is 44.2 Å². The fourth-order valence-electron chi connectivity index (χ4n) is 2.12. The molecule has 0 fully saturated rings. The molecule has 0 aliphatic rings. The summed E-state index contributed by atoms with van der Waals surface area (Å²) < 4.78 is 18.7. The summed E-state index contributed by atoms with van der Waals surface area (Å²) >= 11 is 0. The highest BCUT2D eigenvalue weighted by atomic mass is 19.1. The second-order valence-corrected chi connectivity index (χ2v) is 5.11. The maximum Gasteiger partial charge on any atom is 0.231 e. The van der Waals surface area contributed by atoms with Crippen LogP contribution in [-0.2, 0) is 0 Å². The van der Waals surface area contributed by atoms with Gasteiger partial charge in [-0.3, -0.25) is 0 Å². The van der Waals surface area contributed by atoms with Gasteiger partial charge in [-0.2, -0.15) is 4.98 Å². The normalized spacial score (nSPS) is 14.2. The zero-order chi connectivity index (χ0) is 14.7. The quantitative estimate of drug-likeness (QED) is 0.911. The van der Waals surface area contributed by atoms with E-state index in [4.69, 9.17) is 4.52 Å². The van der Waals surface area contributed by atoms with Crippen LogP contribution < -0.4 is 5.32 Å². The van der Waals surface area contributed by atoms with E-state index in [0.29, 0.717) is 17.3 Å². The van der Waals surface area contributed by atoms with Crippen molar-refractivity contribution in [2.24, 2.45) is 0 Å². The van der Waals surface area contributed by atoms with Crippen molar-refractivity contribution >= 4 is 0 Å². The number of hydrogen-bond donors (Lipinski definition) is 1. The summed E-state index contributed by atoms with van der Waals surface area (Å²) in [6, 6.07) is 4.97. The Morgan fingerprint density at radius 2 is 2.05 bits per heavy atom. The van der Waals surface area contributed by atoms with Crippen LogP contribution in [0, 0.1) is 12.7 Å². The van der Waals surface area contributed by atoms with Gasteiger partial charge in [0.15, 0.2) is 0 Å². The van der Waals surface area contributed by atoms with Crippen LogP contribution in [0.2, 0.25) is 0 Å². The van der Waals surface area contributed by atoms with Gasteiger partial charge in [0.1, 0.15) is 5.82 Å². The lowest BCUT2D eigenvalue weighted by Gasteiger charge is -2.16. The second kappa shape index (κ2) is 6.13. The molecule has 2 unspecified atom stereocenters. The lowest BCUT2D eigenvalue weighted by Crippen LogP contribution is -2.30. The van der Waals surface area contributed by atoms with Gasteiger partial charge < -0.3 is 9.84 Å². The SMILES string of the molecule is CCNC(C)C(C)c1nc(-c2cc(C)cc(F)c2)no1. The molecule has 20 heavy (non-hydrogen) atoms. The van der Waals surface area contributed by atoms with E-state index in [1.54, 1.807) is 0 Å². The number of rotatable bonds is 5. The van der Waals surface area contributed by atoms with Crippen molar-refractivity contribution in [3.05, 3.63) is 35.5 Å². The van der Waals surface area contributed by atoms with Gasteiger partial charge in [-0.25, -0.2) is 4.39 Å². The van der Waals surface area contributed by atoms with Crippen molar-refractivity contribution in [2.75, 3.05) is 6.54 Å². The lowest BCUT2D eigenvalue weighted by molar-refractivity contribution is 0.332. The van der Waals surface area contributed by atoms with E-state index < -0.39 is 0 Å². The molecule has 1 aromatic carbocycles. The molecule has 4 nitrogen and oxygen atoms in total. The Morgan fingerprint density at radius 3 is 2.70 bits per heavy atom. The first-order chi connectivity index (χ1) is 9.51. The third kappa shape index (κ3) is 3.22. The Bertz CT molecular complexity index is 562. The van der Waals surface area contributed by atoms with E-state index in [9.17, 15) is 4.39 Å². The van der Waals surface area contributed by atoms with Crippen molar-refractivity contribution in [2.45, 2.75) is 39.7 Å². The Kier molecular flexibility index (Phi) is 4.49. The monoisotopic (exact) mass is 277 g/mol. The third-order valence-electron chi connectivity index (χ3n) is 3.41. The molecule has 1 heterocycles. The summed E-state index contributed by atoms with van der Waals surface area (Å²) in [6.45, 7) is 8.88. The molecule has 0 aliphatic carbocycles. The van der Waals surface area contributed by atoms with Crippen molar-refractivity contribution in [3.8, 4) is 11.4 Å². The number of halogens is 1. The number of benzene rings is 1. The van der Waals surface area contributed by atoms with E-state index in [0.717, 1.165) is 12.1 Å². The average Bonchev–Trinajstić information content (AvgIpc) is 2.86. The fourth-order valence-corrected chi connectivity index (χ4v) is 2.12. The molecule has 0 amide bonds. The zero-order valence-corrected chi connectivity index (χ0v) is 12.3. The molecule has 0 spiro atoms. The summed E-state index contributed by atoms with van der Waals surface area (Å²) in [7, 11) is 0. The molecule has 108 valence electrons. The molecular weight excluding hydrogens is 257 g/mol. The molecule has 2 aromatic rings. The van der Waals surface area contributed by atoms with E-state index in [-0.39, 0.29) is 17.8 Å². The van der Waals surface area contributed by atoms with Crippen LogP contribution in [0.15, 0.2) is 22.7 Å². The molecule has 5 heteroatoms. The maximum absolute atomic E-state index is 13.4. The molecule has 1 aromatic heterocycles. The minimum Gasteiger partial charge on any atom is -0.339 e. The molecule has 0 radical (unpaired) electrons. The Morgan fingerprint density at radius 1 is 1.30 bits per heavy atom. The van der Waals surface area contributed by atoms with Gasteiger partial charge in [0.25, 0.3) is 0 Å². The summed E-state index contributed by atoms with van der Waals surface area (Å²) in [5.74, 6) is 0.805. The van der Waals surface area contributed by atoms with Crippen LogP contribution in [-0.4, -0.2) is 22.7 Å². The number of aromatic nitrogens is 2. The summed E-state index contributed by atoms with van der Waals surface area (Å²) in [4.78, 5) is 4.38.